The highest BCUT2D eigenvalue weighted by atomic mass is 16.6. The lowest BCUT2D eigenvalue weighted by Gasteiger charge is -2.07. The first-order valence-corrected chi connectivity index (χ1v) is 6.67. The first-order chi connectivity index (χ1) is 10.6. The third-order valence-corrected chi connectivity index (χ3v) is 2.91. The molecule has 6 nitrogen and oxygen atoms in total. The van der Waals surface area contributed by atoms with Crippen molar-refractivity contribution in [3.8, 4) is 0 Å². The molecule has 0 atom stereocenters. The van der Waals surface area contributed by atoms with E-state index in [2.05, 4.69) is 10.8 Å². The summed E-state index contributed by atoms with van der Waals surface area (Å²) in [5.41, 5.74) is 4.53. The highest BCUT2D eigenvalue weighted by Gasteiger charge is 2.05. The molecule has 3 N–H and O–H groups in total. The van der Waals surface area contributed by atoms with Crippen molar-refractivity contribution >= 4 is 12.0 Å². The van der Waals surface area contributed by atoms with Crippen LogP contribution in [0, 0.1) is 0 Å². The SMILES string of the molecule is O=C(O)NCc1ccc(C(=O)NOCc2ccccc2)cc1. The molecule has 0 heterocycles. The number of carbonyl (C=O) groups is 2. The Bertz CT molecular complexity index is 626. The quantitative estimate of drug-likeness (QED) is 0.714. The number of hydrogen-bond donors (Lipinski definition) is 3. The summed E-state index contributed by atoms with van der Waals surface area (Å²) in [7, 11) is 0. The normalized spacial score (nSPS) is 10.0. The van der Waals surface area contributed by atoms with Gasteiger partial charge in [-0.1, -0.05) is 42.5 Å². The highest BCUT2D eigenvalue weighted by Crippen LogP contribution is 2.05. The average molecular weight is 300 g/mol. The molecule has 0 aliphatic heterocycles. The van der Waals surface area contributed by atoms with Gasteiger partial charge in [-0.25, -0.2) is 10.3 Å². The van der Waals surface area contributed by atoms with Crippen LogP contribution in [0.2, 0.25) is 0 Å². The molecule has 114 valence electrons. The average Bonchev–Trinajstić information content (AvgIpc) is 2.54. The van der Waals surface area contributed by atoms with Crippen LogP contribution in [0.1, 0.15) is 21.5 Å². The Kier molecular flexibility index (Phi) is 5.50. The van der Waals surface area contributed by atoms with Crippen molar-refractivity contribution < 1.29 is 19.5 Å². The van der Waals surface area contributed by atoms with E-state index in [-0.39, 0.29) is 19.1 Å². The van der Waals surface area contributed by atoms with Gasteiger partial charge < -0.3 is 10.4 Å². The molecule has 0 aromatic heterocycles. The van der Waals surface area contributed by atoms with Gasteiger partial charge in [-0.2, -0.15) is 0 Å². The first kappa shape index (κ1) is 15.5. The molecule has 0 spiro atoms. The van der Waals surface area contributed by atoms with Crippen LogP contribution in [-0.4, -0.2) is 17.1 Å². The number of carboxylic acid groups (broad SMARTS) is 1. The fraction of sp³-hybridized carbons (Fsp3) is 0.125. The second-order valence-corrected chi connectivity index (χ2v) is 4.56. The van der Waals surface area contributed by atoms with Crippen molar-refractivity contribution in [1.82, 2.24) is 10.8 Å². The minimum Gasteiger partial charge on any atom is -0.465 e. The fourth-order valence-corrected chi connectivity index (χ4v) is 1.77. The molecular weight excluding hydrogens is 284 g/mol. The molecule has 0 saturated heterocycles. The van der Waals surface area contributed by atoms with E-state index >= 15 is 0 Å². The van der Waals surface area contributed by atoms with Crippen LogP contribution in [0.3, 0.4) is 0 Å². The van der Waals surface area contributed by atoms with Gasteiger partial charge in [0.2, 0.25) is 0 Å². The minimum absolute atomic E-state index is 0.196. The molecular formula is C16H16N2O4. The lowest BCUT2D eigenvalue weighted by Crippen LogP contribution is -2.23. The molecule has 0 aliphatic rings. The lowest BCUT2D eigenvalue weighted by atomic mass is 10.1. The Balaban J connectivity index is 1.81. The van der Waals surface area contributed by atoms with Crippen molar-refractivity contribution in [2.45, 2.75) is 13.2 Å². The summed E-state index contributed by atoms with van der Waals surface area (Å²) in [4.78, 5) is 27.4. The van der Waals surface area contributed by atoms with Gasteiger partial charge in [0.1, 0.15) is 0 Å². The maximum Gasteiger partial charge on any atom is 0.404 e. The highest BCUT2D eigenvalue weighted by molar-refractivity contribution is 5.93. The van der Waals surface area contributed by atoms with E-state index in [0.717, 1.165) is 11.1 Å². The second-order valence-electron chi connectivity index (χ2n) is 4.56. The van der Waals surface area contributed by atoms with Crippen LogP contribution in [0.4, 0.5) is 4.79 Å². The van der Waals surface area contributed by atoms with Gasteiger partial charge in [0.15, 0.2) is 0 Å². The lowest BCUT2D eigenvalue weighted by molar-refractivity contribution is 0.0233. The molecule has 2 aromatic rings. The molecule has 0 unspecified atom stereocenters. The zero-order valence-corrected chi connectivity index (χ0v) is 11.8. The Hall–Kier alpha value is -2.86. The van der Waals surface area contributed by atoms with Crippen molar-refractivity contribution in [1.29, 1.82) is 0 Å². The van der Waals surface area contributed by atoms with Gasteiger partial charge in [0.05, 0.1) is 6.61 Å². The van der Waals surface area contributed by atoms with E-state index in [1.165, 1.54) is 0 Å². The summed E-state index contributed by atoms with van der Waals surface area (Å²) >= 11 is 0. The van der Waals surface area contributed by atoms with Gasteiger partial charge in [-0.05, 0) is 23.3 Å². The van der Waals surface area contributed by atoms with Gasteiger partial charge in [-0.15, -0.1) is 0 Å². The van der Waals surface area contributed by atoms with E-state index in [1.807, 2.05) is 30.3 Å². The molecule has 0 aliphatic carbocycles. The molecule has 0 bridgehead atoms. The predicted octanol–water partition coefficient (Wildman–Crippen LogP) is 2.32. The molecule has 2 amide bonds. The number of hydrogen-bond acceptors (Lipinski definition) is 3. The van der Waals surface area contributed by atoms with Crippen LogP contribution in [0.25, 0.3) is 0 Å². The van der Waals surface area contributed by atoms with Gasteiger partial charge in [0, 0.05) is 12.1 Å². The van der Waals surface area contributed by atoms with Gasteiger partial charge in [-0.3, -0.25) is 9.63 Å². The summed E-state index contributed by atoms with van der Waals surface area (Å²) in [5, 5.41) is 10.8. The van der Waals surface area contributed by atoms with E-state index < -0.39 is 6.09 Å². The topological polar surface area (TPSA) is 87.7 Å². The van der Waals surface area contributed by atoms with Crippen molar-refractivity contribution in [3.63, 3.8) is 0 Å². The largest absolute Gasteiger partial charge is 0.465 e. The zero-order chi connectivity index (χ0) is 15.8. The van der Waals surface area contributed by atoms with Crippen LogP contribution >= 0.6 is 0 Å². The summed E-state index contributed by atoms with van der Waals surface area (Å²) in [6.07, 6.45) is -1.09. The number of rotatable bonds is 6. The Morgan fingerprint density at radius 3 is 2.27 bits per heavy atom. The Morgan fingerprint density at radius 1 is 0.955 bits per heavy atom. The maximum absolute atomic E-state index is 11.9. The first-order valence-electron chi connectivity index (χ1n) is 6.67. The summed E-state index contributed by atoms with van der Waals surface area (Å²) in [6.45, 7) is 0.481. The Morgan fingerprint density at radius 2 is 1.64 bits per heavy atom. The minimum atomic E-state index is -1.09. The molecule has 6 heteroatoms. The number of nitrogens with one attached hydrogen (secondary N) is 2. The molecule has 0 saturated carbocycles. The number of hydroxylamine groups is 1. The molecule has 0 radical (unpaired) electrons. The predicted molar refractivity (Wildman–Crippen MR) is 80.0 cm³/mol. The number of amides is 2. The zero-order valence-electron chi connectivity index (χ0n) is 11.8. The van der Waals surface area contributed by atoms with Crippen molar-refractivity contribution in [3.05, 3.63) is 71.3 Å². The van der Waals surface area contributed by atoms with Crippen molar-refractivity contribution in [2.75, 3.05) is 0 Å². The molecule has 2 rings (SSSR count). The molecule has 22 heavy (non-hydrogen) atoms. The van der Waals surface area contributed by atoms with E-state index in [1.54, 1.807) is 24.3 Å². The van der Waals surface area contributed by atoms with Crippen LogP contribution in [0.15, 0.2) is 54.6 Å². The van der Waals surface area contributed by atoms with Crippen LogP contribution < -0.4 is 10.8 Å². The molecule has 0 fully saturated rings. The molecule has 2 aromatic carbocycles. The Labute approximate surface area is 127 Å². The maximum atomic E-state index is 11.9. The standard InChI is InChI=1S/C16H16N2O4/c19-15(18-22-11-13-4-2-1-3-5-13)14-8-6-12(7-9-14)10-17-16(20)21/h1-9,17H,10-11H2,(H,18,19)(H,20,21). The van der Waals surface area contributed by atoms with E-state index in [0.29, 0.717) is 5.56 Å². The smallest absolute Gasteiger partial charge is 0.404 e. The van der Waals surface area contributed by atoms with Crippen molar-refractivity contribution in [2.24, 2.45) is 0 Å². The van der Waals surface area contributed by atoms with Crippen LogP contribution in [-0.2, 0) is 18.0 Å². The number of carbonyl (C=O) groups excluding carboxylic acids is 1. The number of benzene rings is 2. The van der Waals surface area contributed by atoms with Gasteiger partial charge in [0.25, 0.3) is 5.91 Å². The third kappa shape index (κ3) is 4.92. The van der Waals surface area contributed by atoms with Gasteiger partial charge >= 0.3 is 6.09 Å². The summed E-state index contributed by atoms with van der Waals surface area (Å²) in [5.74, 6) is -0.353. The fourth-order valence-electron chi connectivity index (χ4n) is 1.77. The van der Waals surface area contributed by atoms with E-state index in [9.17, 15) is 9.59 Å². The third-order valence-electron chi connectivity index (χ3n) is 2.91. The summed E-state index contributed by atoms with van der Waals surface area (Å²) in [6, 6.07) is 16.1. The monoisotopic (exact) mass is 300 g/mol. The summed E-state index contributed by atoms with van der Waals surface area (Å²) < 4.78 is 0. The van der Waals surface area contributed by atoms with Crippen LogP contribution in [0.5, 0.6) is 0 Å². The van der Waals surface area contributed by atoms with E-state index in [4.69, 9.17) is 9.94 Å². The second kappa shape index (κ2) is 7.80.